The summed E-state index contributed by atoms with van der Waals surface area (Å²) < 4.78 is 0. The zero-order valence-electron chi connectivity index (χ0n) is 17.5. The largest absolute Gasteiger partial charge is 0.330 e. The SMILES string of the molecule is NCC1CCC(CN(Cc2ccc3ccccc3c2)CC2CCCCC2)CC1. The minimum absolute atomic E-state index is 0.781. The van der Waals surface area contributed by atoms with Crippen molar-refractivity contribution in [2.45, 2.75) is 64.3 Å². The third-order valence-electron chi connectivity index (χ3n) is 7.28. The molecule has 0 radical (unpaired) electrons. The summed E-state index contributed by atoms with van der Waals surface area (Å²) in [5.74, 6) is 2.56. The molecule has 2 aliphatic carbocycles. The second kappa shape index (κ2) is 9.89. The van der Waals surface area contributed by atoms with E-state index in [1.54, 1.807) is 0 Å². The molecule has 0 saturated heterocycles. The zero-order valence-corrected chi connectivity index (χ0v) is 17.5. The summed E-state index contributed by atoms with van der Waals surface area (Å²) >= 11 is 0. The molecule has 0 spiro atoms. The molecule has 4 rings (SSSR count). The van der Waals surface area contributed by atoms with Crippen molar-refractivity contribution in [1.82, 2.24) is 4.90 Å². The highest BCUT2D eigenvalue weighted by atomic mass is 15.1. The van der Waals surface area contributed by atoms with Crippen molar-refractivity contribution in [2.24, 2.45) is 23.5 Å². The minimum atomic E-state index is 0.781. The lowest BCUT2D eigenvalue weighted by Crippen LogP contribution is -2.36. The summed E-state index contributed by atoms with van der Waals surface area (Å²) in [6, 6.07) is 15.8. The van der Waals surface area contributed by atoms with Gasteiger partial charge in [0.25, 0.3) is 0 Å². The first-order valence-corrected chi connectivity index (χ1v) is 11.7. The van der Waals surface area contributed by atoms with Gasteiger partial charge in [-0.25, -0.2) is 0 Å². The Morgan fingerprint density at radius 1 is 0.714 bits per heavy atom. The molecular formula is C26H38N2. The Kier molecular flexibility index (Phi) is 7.04. The van der Waals surface area contributed by atoms with Crippen molar-refractivity contribution < 1.29 is 0 Å². The van der Waals surface area contributed by atoms with Crippen molar-refractivity contribution in [1.29, 1.82) is 0 Å². The van der Waals surface area contributed by atoms with E-state index in [0.717, 1.165) is 30.8 Å². The van der Waals surface area contributed by atoms with Gasteiger partial charge >= 0.3 is 0 Å². The molecule has 2 nitrogen and oxygen atoms in total. The van der Waals surface area contributed by atoms with Gasteiger partial charge in [-0.2, -0.15) is 0 Å². The van der Waals surface area contributed by atoms with Gasteiger partial charge < -0.3 is 5.73 Å². The van der Waals surface area contributed by atoms with Gasteiger partial charge in [0, 0.05) is 19.6 Å². The Labute approximate surface area is 171 Å². The normalized spacial score (nSPS) is 24.1. The fourth-order valence-electron chi connectivity index (χ4n) is 5.55. The van der Waals surface area contributed by atoms with Crippen molar-refractivity contribution in [2.75, 3.05) is 19.6 Å². The summed E-state index contributed by atoms with van der Waals surface area (Å²) in [6.07, 6.45) is 12.6. The average molecular weight is 379 g/mol. The molecule has 152 valence electrons. The van der Waals surface area contributed by atoms with Crippen LogP contribution in [0.25, 0.3) is 10.8 Å². The van der Waals surface area contributed by atoms with E-state index in [4.69, 9.17) is 5.73 Å². The molecule has 2 saturated carbocycles. The molecule has 0 unspecified atom stereocenters. The molecule has 2 aromatic rings. The molecule has 2 heteroatoms. The molecule has 2 N–H and O–H groups in total. The molecule has 2 aromatic carbocycles. The highest BCUT2D eigenvalue weighted by Crippen LogP contribution is 2.31. The van der Waals surface area contributed by atoms with Crippen LogP contribution < -0.4 is 5.73 Å². The van der Waals surface area contributed by atoms with Crippen LogP contribution in [0.2, 0.25) is 0 Å². The molecule has 0 bridgehead atoms. The van der Waals surface area contributed by atoms with E-state index in [-0.39, 0.29) is 0 Å². The fraction of sp³-hybridized carbons (Fsp3) is 0.615. The Balaban J connectivity index is 1.43. The second-order valence-corrected chi connectivity index (χ2v) is 9.50. The monoisotopic (exact) mass is 378 g/mol. The lowest BCUT2D eigenvalue weighted by Gasteiger charge is -2.35. The Morgan fingerprint density at radius 3 is 2.07 bits per heavy atom. The van der Waals surface area contributed by atoms with E-state index in [1.807, 2.05) is 0 Å². The van der Waals surface area contributed by atoms with Gasteiger partial charge in [0.15, 0.2) is 0 Å². The van der Waals surface area contributed by atoms with Gasteiger partial charge in [-0.05, 0) is 85.2 Å². The van der Waals surface area contributed by atoms with Crippen LogP contribution in [-0.2, 0) is 6.54 Å². The molecule has 0 aliphatic heterocycles. The number of hydrogen-bond donors (Lipinski definition) is 1. The number of hydrogen-bond acceptors (Lipinski definition) is 2. The first kappa shape index (κ1) is 19.9. The van der Waals surface area contributed by atoms with E-state index in [9.17, 15) is 0 Å². The maximum atomic E-state index is 5.91. The standard InChI is InChI=1S/C26H38N2/c27-17-21-10-12-23(13-11-21)19-28(18-22-6-2-1-3-7-22)20-24-14-15-25-8-4-5-9-26(25)16-24/h4-5,8-9,14-16,21-23H,1-3,6-7,10-13,17-20,27H2. The number of nitrogens with zero attached hydrogens (tertiary/aromatic N) is 1. The van der Waals surface area contributed by atoms with Crippen LogP contribution in [0.3, 0.4) is 0 Å². The van der Waals surface area contributed by atoms with Crippen LogP contribution in [0.5, 0.6) is 0 Å². The van der Waals surface area contributed by atoms with Crippen LogP contribution in [0.4, 0.5) is 0 Å². The Bertz CT molecular complexity index is 726. The highest BCUT2D eigenvalue weighted by molar-refractivity contribution is 5.82. The number of nitrogens with two attached hydrogens (primary N) is 1. The topological polar surface area (TPSA) is 29.3 Å². The average Bonchev–Trinajstić information content (AvgIpc) is 2.75. The number of fused-ring (bicyclic) bond motifs is 1. The predicted octanol–water partition coefficient (Wildman–Crippen LogP) is 5.99. The molecular weight excluding hydrogens is 340 g/mol. The Morgan fingerprint density at radius 2 is 1.36 bits per heavy atom. The summed E-state index contributed by atoms with van der Waals surface area (Å²) in [4.78, 5) is 2.80. The van der Waals surface area contributed by atoms with E-state index in [1.165, 1.54) is 87.2 Å². The van der Waals surface area contributed by atoms with E-state index < -0.39 is 0 Å². The molecule has 2 aliphatic rings. The molecule has 2 fully saturated rings. The van der Waals surface area contributed by atoms with Gasteiger partial charge in [0.2, 0.25) is 0 Å². The zero-order chi connectivity index (χ0) is 19.2. The number of benzene rings is 2. The van der Waals surface area contributed by atoms with E-state index in [2.05, 4.69) is 47.4 Å². The third-order valence-corrected chi connectivity index (χ3v) is 7.28. The molecule has 0 amide bonds. The summed E-state index contributed by atoms with van der Waals surface area (Å²) in [7, 11) is 0. The molecule has 0 aromatic heterocycles. The van der Waals surface area contributed by atoms with Gasteiger partial charge in [0.05, 0.1) is 0 Å². The lowest BCUT2D eigenvalue weighted by atomic mass is 9.81. The third kappa shape index (κ3) is 5.36. The highest BCUT2D eigenvalue weighted by Gasteiger charge is 2.24. The van der Waals surface area contributed by atoms with Crippen molar-refractivity contribution in [3.8, 4) is 0 Å². The summed E-state index contributed by atoms with van der Waals surface area (Å²) in [6.45, 7) is 4.57. The predicted molar refractivity (Wildman–Crippen MR) is 120 cm³/mol. The molecule has 0 heterocycles. The van der Waals surface area contributed by atoms with Crippen molar-refractivity contribution in [3.05, 3.63) is 48.0 Å². The van der Waals surface area contributed by atoms with E-state index >= 15 is 0 Å². The molecule has 28 heavy (non-hydrogen) atoms. The van der Waals surface area contributed by atoms with E-state index in [0.29, 0.717) is 0 Å². The first-order chi connectivity index (χ1) is 13.8. The maximum Gasteiger partial charge on any atom is 0.0234 e. The Hall–Kier alpha value is -1.38. The van der Waals surface area contributed by atoms with Gasteiger partial charge in [-0.1, -0.05) is 55.7 Å². The lowest BCUT2D eigenvalue weighted by molar-refractivity contribution is 0.143. The van der Waals surface area contributed by atoms with Crippen LogP contribution in [0.15, 0.2) is 42.5 Å². The fourth-order valence-corrected chi connectivity index (χ4v) is 5.55. The second-order valence-electron chi connectivity index (χ2n) is 9.50. The van der Waals surface area contributed by atoms with Crippen molar-refractivity contribution in [3.63, 3.8) is 0 Å². The van der Waals surface area contributed by atoms with Crippen molar-refractivity contribution >= 4 is 10.8 Å². The quantitative estimate of drug-likeness (QED) is 0.641. The molecule has 0 atom stereocenters. The summed E-state index contributed by atoms with van der Waals surface area (Å²) in [5.41, 5.74) is 7.39. The van der Waals surface area contributed by atoms with Crippen LogP contribution in [0.1, 0.15) is 63.4 Å². The van der Waals surface area contributed by atoms with Crippen LogP contribution >= 0.6 is 0 Å². The van der Waals surface area contributed by atoms with Crippen LogP contribution in [0, 0.1) is 17.8 Å². The minimum Gasteiger partial charge on any atom is -0.330 e. The van der Waals surface area contributed by atoms with Gasteiger partial charge in [-0.15, -0.1) is 0 Å². The van der Waals surface area contributed by atoms with Gasteiger partial charge in [0.1, 0.15) is 0 Å². The smallest absolute Gasteiger partial charge is 0.0234 e. The number of rotatable bonds is 7. The first-order valence-electron chi connectivity index (χ1n) is 11.7. The van der Waals surface area contributed by atoms with Crippen LogP contribution in [-0.4, -0.2) is 24.5 Å². The summed E-state index contributed by atoms with van der Waals surface area (Å²) in [5, 5.41) is 2.73. The van der Waals surface area contributed by atoms with Gasteiger partial charge in [-0.3, -0.25) is 4.90 Å². The maximum absolute atomic E-state index is 5.91.